The summed E-state index contributed by atoms with van der Waals surface area (Å²) in [6, 6.07) is 0. The zero-order valence-corrected chi connectivity index (χ0v) is 3.42. The van der Waals surface area contributed by atoms with Crippen LogP contribution in [0.1, 0.15) is 0 Å². The maximum absolute atomic E-state index is 4.96. The molecule has 6 nitrogen and oxygen atoms in total. The predicted molar refractivity (Wildman–Crippen MR) is 22.2 cm³/mol. The van der Waals surface area contributed by atoms with Crippen molar-refractivity contribution >= 4 is 5.95 Å². The van der Waals surface area contributed by atoms with E-state index in [1.807, 2.05) is 0 Å². The van der Waals surface area contributed by atoms with Gasteiger partial charge in [0.1, 0.15) is 0 Å². The Bertz CT molecular complexity index is 112. The predicted octanol–water partition coefficient (Wildman–Crippen LogP) is -2.04. The summed E-state index contributed by atoms with van der Waals surface area (Å²) in [5, 5.41) is 12.0. The molecule has 0 aliphatic rings. The molecule has 0 unspecified atom stereocenters. The number of tetrazole rings is 1. The third-order valence-electron chi connectivity index (χ3n) is 0.362. The average Bonchev–Trinajstić information content (AvgIpc) is 1.86. The molecule has 40 valence electrons. The monoisotopic (exact) mass is 103 g/mol. The first-order valence-corrected chi connectivity index (χ1v) is 1.38. The third kappa shape index (κ3) is 1.14. The Labute approximate surface area is 39.0 Å². The van der Waals surface area contributed by atoms with Crippen LogP contribution in [0.25, 0.3) is 0 Å². The van der Waals surface area contributed by atoms with Crippen LogP contribution in [-0.2, 0) is 0 Å². The van der Waals surface area contributed by atoms with Crippen molar-refractivity contribution < 1.29 is 5.48 Å². The number of aromatic amines is 1. The van der Waals surface area contributed by atoms with Crippen LogP contribution in [0, 0.1) is 0 Å². The molecule has 0 radical (unpaired) electrons. The molecule has 0 saturated heterocycles. The molecule has 1 rings (SSSR count). The zero-order chi connectivity index (χ0) is 4.41. The van der Waals surface area contributed by atoms with Crippen LogP contribution in [0.3, 0.4) is 0 Å². The van der Waals surface area contributed by atoms with Crippen molar-refractivity contribution in [2.24, 2.45) is 0 Å². The molecule has 0 atom stereocenters. The van der Waals surface area contributed by atoms with Gasteiger partial charge in [-0.3, -0.25) is 0 Å². The highest BCUT2D eigenvalue weighted by Gasteiger charge is 1.78. The van der Waals surface area contributed by atoms with Crippen molar-refractivity contribution in [3.63, 3.8) is 0 Å². The van der Waals surface area contributed by atoms with Crippen molar-refractivity contribution in [3.05, 3.63) is 0 Å². The Morgan fingerprint density at radius 3 is 2.43 bits per heavy atom. The summed E-state index contributed by atoms with van der Waals surface area (Å²) in [7, 11) is 0. The summed E-state index contributed by atoms with van der Waals surface area (Å²) in [6.45, 7) is 0. The van der Waals surface area contributed by atoms with Gasteiger partial charge in [0.05, 0.1) is 0 Å². The van der Waals surface area contributed by atoms with Crippen LogP contribution in [0.5, 0.6) is 0 Å². The van der Waals surface area contributed by atoms with Gasteiger partial charge in [0, 0.05) is 0 Å². The summed E-state index contributed by atoms with van der Waals surface area (Å²) >= 11 is 0. The van der Waals surface area contributed by atoms with Gasteiger partial charge in [-0.2, -0.15) is 5.21 Å². The van der Waals surface area contributed by atoms with Gasteiger partial charge in [0.25, 0.3) is 5.95 Å². The van der Waals surface area contributed by atoms with Crippen LogP contribution >= 0.6 is 0 Å². The maximum atomic E-state index is 4.96. The average molecular weight is 103 g/mol. The lowest BCUT2D eigenvalue weighted by molar-refractivity contribution is 0.824. The van der Waals surface area contributed by atoms with Gasteiger partial charge in [0.15, 0.2) is 0 Å². The fourth-order valence-corrected chi connectivity index (χ4v) is 0.170. The van der Waals surface area contributed by atoms with E-state index in [1.54, 1.807) is 0 Å². The highest BCUT2D eigenvalue weighted by molar-refractivity contribution is 5.05. The van der Waals surface area contributed by atoms with Crippen molar-refractivity contribution in [2.75, 3.05) is 5.73 Å². The van der Waals surface area contributed by atoms with Crippen LogP contribution in [0.15, 0.2) is 0 Å². The summed E-state index contributed by atoms with van der Waals surface area (Å²) in [5.74, 6) is 0.176. The van der Waals surface area contributed by atoms with Gasteiger partial charge in [-0.25, -0.2) is 0 Å². The lowest BCUT2D eigenvalue weighted by Gasteiger charge is -1.62. The summed E-state index contributed by atoms with van der Waals surface area (Å²) in [5.41, 5.74) is 4.96. The Kier molecular flexibility index (Phi) is 1.74. The standard InChI is InChI=1S/CH3N5.H2O/c2-1-3-5-6-4-1;/h(H3,2,3,4,5,6);1H2. The lowest BCUT2D eigenvalue weighted by atomic mass is 11.2. The molecule has 1 aromatic heterocycles. The minimum Gasteiger partial charge on any atom is -0.412 e. The first-order chi connectivity index (χ1) is 2.89. The topological polar surface area (TPSA) is 112 Å². The first-order valence-electron chi connectivity index (χ1n) is 1.38. The number of hydrogen-bond acceptors (Lipinski definition) is 4. The van der Waals surface area contributed by atoms with Crippen molar-refractivity contribution in [1.29, 1.82) is 0 Å². The molecule has 0 aromatic carbocycles. The van der Waals surface area contributed by atoms with Crippen LogP contribution in [-0.4, -0.2) is 26.1 Å². The summed E-state index contributed by atoms with van der Waals surface area (Å²) < 4.78 is 0. The smallest absolute Gasteiger partial charge is 0.260 e. The molecule has 0 aliphatic heterocycles. The van der Waals surface area contributed by atoms with Crippen LogP contribution in [0.4, 0.5) is 5.95 Å². The van der Waals surface area contributed by atoms with E-state index in [-0.39, 0.29) is 11.4 Å². The van der Waals surface area contributed by atoms with Crippen molar-refractivity contribution in [3.8, 4) is 0 Å². The number of nitrogens with zero attached hydrogens (tertiary/aromatic N) is 3. The molecule has 0 amide bonds. The van der Waals surface area contributed by atoms with E-state index >= 15 is 0 Å². The number of nitrogens with one attached hydrogen (secondary N) is 1. The maximum Gasteiger partial charge on any atom is 0.260 e. The SMILES string of the molecule is Nc1nn[nH]n1.O. The van der Waals surface area contributed by atoms with Gasteiger partial charge < -0.3 is 11.2 Å². The summed E-state index contributed by atoms with van der Waals surface area (Å²) in [4.78, 5) is 0. The Morgan fingerprint density at radius 1 is 1.57 bits per heavy atom. The molecule has 1 heterocycles. The number of H-pyrrole nitrogens is 1. The zero-order valence-electron chi connectivity index (χ0n) is 3.42. The first kappa shape index (κ1) is 5.83. The lowest BCUT2D eigenvalue weighted by Crippen LogP contribution is -1.84. The molecular weight excluding hydrogens is 98.0 g/mol. The number of aromatic nitrogens is 4. The van der Waals surface area contributed by atoms with Gasteiger partial charge in [-0.05, 0) is 5.21 Å². The fourth-order valence-electron chi connectivity index (χ4n) is 0.170. The second-order valence-corrected chi connectivity index (χ2v) is 0.770. The highest BCUT2D eigenvalue weighted by Crippen LogP contribution is 1.72. The van der Waals surface area contributed by atoms with E-state index in [0.29, 0.717) is 0 Å². The van der Waals surface area contributed by atoms with Gasteiger partial charge in [-0.15, -0.1) is 5.10 Å². The van der Waals surface area contributed by atoms with Crippen molar-refractivity contribution in [1.82, 2.24) is 20.6 Å². The van der Waals surface area contributed by atoms with Gasteiger partial charge in [0.2, 0.25) is 0 Å². The van der Waals surface area contributed by atoms with E-state index in [9.17, 15) is 0 Å². The molecule has 0 saturated carbocycles. The van der Waals surface area contributed by atoms with Gasteiger partial charge in [-0.1, -0.05) is 5.10 Å². The van der Waals surface area contributed by atoms with Crippen LogP contribution < -0.4 is 5.73 Å². The quantitative estimate of drug-likeness (QED) is 0.393. The largest absolute Gasteiger partial charge is 0.412 e. The van der Waals surface area contributed by atoms with E-state index in [0.717, 1.165) is 0 Å². The molecule has 0 spiro atoms. The van der Waals surface area contributed by atoms with Crippen LogP contribution in [0.2, 0.25) is 0 Å². The number of nitrogen functional groups attached to an aromatic ring is 1. The molecule has 0 bridgehead atoms. The molecule has 0 aliphatic carbocycles. The third-order valence-corrected chi connectivity index (χ3v) is 0.362. The Balaban J connectivity index is 0.000000360. The normalized spacial score (nSPS) is 7.43. The number of hydrogen-bond donors (Lipinski definition) is 2. The number of nitrogens with two attached hydrogens (primary N) is 1. The van der Waals surface area contributed by atoms with Crippen molar-refractivity contribution in [2.45, 2.75) is 0 Å². The number of anilines is 1. The summed E-state index contributed by atoms with van der Waals surface area (Å²) in [6.07, 6.45) is 0. The van der Waals surface area contributed by atoms with E-state index in [1.165, 1.54) is 0 Å². The minimum atomic E-state index is 0. The minimum absolute atomic E-state index is 0. The second-order valence-electron chi connectivity index (χ2n) is 0.770. The Morgan fingerprint density at radius 2 is 2.29 bits per heavy atom. The highest BCUT2D eigenvalue weighted by atomic mass is 16.0. The molecule has 6 heteroatoms. The van der Waals surface area contributed by atoms with E-state index in [4.69, 9.17) is 5.73 Å². The molecule has 5 N–H and O–H groups in total. The Hall–Kier alpha value is -1.17. The van der Waals surface area contributed by atoms with E-state index < -0.39 is 0 Å². The molecule has 7 heavy (non-hydrogen) atoms. The van der Waals surface area contributed by atoms with E-state index in [2.05, 4.69) is 20.6 Å². The molecule has 0 fully saturated rings. The fraction of sp³-hybridized carbons (Fsp3) is 0. The number of rotatable bonds is 0. The van der Waals surface area contributed by atoms with Gasteiger partial charge >= 0.3 is 0 Å². The molecular formula is CH5N5O. The molecule has 1 aromatic rings. The second kappa shape index (κ2) is 2.08.